The molecule has 1 aliphatic heterocycles. The molecule has 112 valence electrons. The van der Waals surface area contributed by atoms with Gasteiger partial charge >= 0.3 is 0 Å². The number of Topliss-reactive ketones (excluding diaryl/α,β-unsaturated/α-hetero) is 1. The number of methoxy groups -OCH3 is 2. The first kappa shape index (κ1) is 14.0. The van der Waals surface area contributed by atoms with Gasteiger partial charge in [-0.05, 0) is 42.5 Å². The van der Waals surface area contributed by atoms with E-state index in [1.54, 1.807) is 14.2 Å². The van der Waals surface area contributed by atoms with Gasteiger partial charge < -0.3 is 14.2 Å². The fraction of sp³-hybridized carbons (Fsp3) is 0.471. The average Bonchev–Trinajstić information content (AvgIpc) is 2.55. The molecule has 0 bridgehead atoms. The zero-order valence-corrected chi connectivity index (χ0v) is 12.5. The number of benzene rings is 1. The Kier molecular flexibility index (Phi) is 3.86. The number of hydrogen-bond donors (Lipinski definition) is 0. The maximum Gasteiger partial charge on any atom is 0.197 e. The lowest BCUT2D eigenvalue weighted by Crippen LogP contribution is -2.24. The van der Waals surface area contributed by atoms with Gasteiger partial charge in [-0.3, -0.25) is 4.79 Å². The number of allylic oxidation sites excluding steroid dienone is 2. The monoisotopic (exact) mass is 288 g/mol. The maximum atomic E-state index is 12.0. The Hall–Kier alpha value is -1.97. The second-order valence-corrected chi connectivity index (χ2v) is 5.44. The van der Waals surface area contributed by atoms with Crippen LogP contribution in [0.2, 0.25) is 0 Å². The van der Waals surface area contributed by atoms with Crippen LogP contribution < -0.4 is 9.47 Å². The first-order valence-electron chi connectivity index (χ1n) is 7.35. The van der Waals surface area contributed by atoms with E-state index in [-0.39, 0.29) is 11.7 Å². The lowest BCUT2D eigenvalue weighted by Gasteiger charge is -2.31. The van der Waals surface area contributed by atoms with Gasteiger partial charge in [-0.1, -0.05) is 6.07 Å². The molecule has 0 saturated heterocycles. The van der Waals surface area contributed by atoms with Gasteiger partial charge in [0, 0.05) is 12.3 Å². The van der Waals surface area contributed by atoms with Crippen molar-refractivity contribution in [3.8, 4) is 11.5 Å². The molecule has 0 fully saturated rings. The highest BCUT2D eigenvalue weighted by Crippen LogP contribution is 2.42. The molecular weight excluding hydrogens is 268 g/mol. The number of hydrogen-bond acceptors (Lipinski definition) is 4. The molecule has 0 amide bonds. The van der Waals surface area contributed by atoms with Gasteiger partial charge in [0.1, 0.15) is 0 Å². The Morgan fingerprint density at radius 2 is 1.95 bits per heavy atom. The normalized spacial score (nSPS) is 21.6. The molecular formula is C17H20O4. The molecule has 21 heavy (non-hydrogen) atoms. The zero-order chi connectivity index (χ0) is 14.8. The predicted octanol–water partition coefficient (Wildman–Crippen LogP) is 3.21. The van der Waals surface area contributed by atoms with Crippen molar-refractivity contribution in [1.82, 2.24) is 0 Å². The number of carbonyl (C=O) groups is 1. The van der Waals surface area contributed by atoms with E-state index in [0.29, 0.717) is 18.8 Å². The Labute approximate surface area is 124 Å². The van der Waals surface area contributed by atoms with Crippen molar-refractivity contribution in [3.63, 3.8) is 0 Å². The van der Waals surface area contributed by atoms with E-state index in [2.05, 4.69) is 6.07 Å². The molecule has 0 aromatic heterocycles. The van der Waals surface area contributed by atoms with Crippen LogP contribution in [-0.4, -0.2) is 26.6 Å². The van der Waals surface area contributed by atoms with Crippen LogP contribution in [0.3, 0.4) is 0 Å². The van der Waals surface area contributed by atoms with Crippen molar-refractivity contribution in [1.29, 1.82) is 0 Å². The Morgan fingerprint density at radius 3 is 2.71 bits per heavy atom. The maximum absolute atomic E-state index is 12.0. The van der Waals surface area contributed by atoms with Crippen LogP contribution in [0.15, 0.2) is 29.5 Å². The van der Waals surface area contributed by atoms with Crippen LogP contribution in [0.4, 0.5) is 0 Å². The topological polar surface area (TPSA) is 44.8 Å². The van der Waals surface area contributed by atoms with Crippen LogP contribution in [0.5, 0.6) is 11.5 Å². The van der Waals surface area contributed by atoms with E-state index >= 15 is 0 Å². The summed E-state index contributed by atoms with van der Waals surface area (Å²) in [4.78, 5) is 12.0. The third-order valence-electron chi connectivity index (χ3n) is 4.27. The van der Waals surface area contributed by atoms with E-state index in [1.807, 2.05) is 12.1 Å². The predicted molar refractivity (Wildman–Crippen MR) is 78.7 cm³/mol. The molecule has 1 atom stereocenters. The first-order chi connectivity index (χ1) is 10.2. The smallest absolute Gasteiger partial charge is 0.197 e. The van der Waals surface area contributed by atoms with Gasteiger partial charge in [-0.2, -0.15) is 0 Å². The average molecular weight is 288 g/mol. The van der Waals surface area contributed by atoms with Gasteiger partial charge in [0.25, 0.3) is 0 Å². The zero-order valence-electron chi connectivity index (χ0n) is 12.5. The van der Waals surface area contributed by atoms with Crippen LogP contribution in [0.25, 0.3) is 0 Å². The van der Waals surface area contributed by atoms with Crippen LogP contribution in [0, 0.1) is 0 Å². The van der Waals surface area contributed by atoms with Crippen molar-refractivity contribution >= 4 is 5.78 Å². The Morgan fingerprint density at radius 1 is 1.14 bits per heavy atom. The minimum absolute atomic E-state index is 0.154. The fourth-order valence-electron chi connectivity index (χ4n) is 3.24. The second-order valence-electron chi connectivity index (χ2n) is 5.44. The minimum Gasteiger partial charge on any atom is -0.493 e. The molecule has 0 spiro atoms. The second kappa shape index (κ2) is 5.80. The highest BCUT2D eigenvalue weighted by molar-refractivity contribution is 5.95. The summed E-state index contributed by atoms with van der Waals surface area (Å²) in [5, 5.41) is 0. The van der Waals surface area contributed by atoms with E-state index < -0.39 is 0 Å². The number of ketones is 1. The van der Waals surface area contributed by atoms with Gasteiger partial charge in [-0.15, -0.1) is 0 Å². The molecule has 0 radical (unpaired) electrons. The highest BCUT2D eigenvalue weighted by Gasteiger charge is 2.32. The van der Waals surface area contributed by atoms with Crippen molar-refractivity contribution in [2.75, 3.05) is 20.8 Å². The molecule has 1 unspecified atom stereocenters. The van der Waals surface area contributed by atoms with Crippen LogP contribution in [0.1, 0.15) is 37.2 Å². The Balaban J connectivity index is 2.00. The standard InChI is InChI=1S/C17H20O4/c1-19-15-8-5-11(10-16(15)20-2)12-6-7-14(18)17-13(12)4-3-9-21-17/h5,8,10,12H,3-4,6-7,9H2,1-2H3. The molecule has 1 aromatic carbocycles. The van der Waals surface area contributed by atoms with Crippen molar-refractivity contribution in [2.45, 2.75) is 31.6 Å². The summed E-state index contributed by atoms with van der Waals surface area (Å²) in [5.74, 6) is 2.47. The molecule has 2 aliphatic rings. The quantitative estimate of drug-likeness (QED) is 0.856. The molecule has 4 heteroatoms. The van der Waals surface area contributed by atoms with E-state index in [1.165, 1.54) is 0 Å². The summed E-state index contributed by atoms with van der Waals surface area (Å²) in [5.41, 5.74) is 2.32. The SMILES string of the molecule is COc1ccc(C2CCC(=O)C3=C2CCCO3)cc1OC. The molecule has 1 heterocycles. The molecule has 3 rings (SSSR count). The van der Waals surface area contributed by atoms with E-state index in [4.69, 9.17) is 14.2 Å². The third kappa shape index (κ3) is 2.50. The third-order valence-corrected chi connectivity index (χ3v) is 4.27. The summed E-state index contributed by atoms with van der Waals surface area (Å²) in [6.45, 7) is 0.656. The van der Waals surface area contributed by atoms with E-state index in [0.717, 1.165) is 41.9 Å². The first-order valence-corrected chi connectivity index (χ1v) is 7.35. The summed E-state index contributed by atoms with van der Waals surface area (Å²) < 4.78 is 16.3. The summed E-state index contributed by atoms with van der Waals surface area (Å²) in [6.07, 6.45) is 3.32. The van der Waals surface area contributed by atoms with Gasteiger partial charge in [-0.25, -0.2) is 0 Å². The van der Waals surface area contributed by atoms with Crippen molar-refractivity contribution in [3.05, 3.63) is 35.1 Å². The number of rotatable bonds is 3. The molecule has 0 N–H and O–H groups in total. The fourth-order valence-corrected chi connectivity index (χ4v) is 3.24. The molecule has 1 aliphatic carbocycles. The Bertz CT molecular complexity index is 588. The largest absolute Gasteiger partial charge is 0.493 e. The molecule has 1 aromatic rings. The summed E-state index contributed by atoms with van der Waals surface area (Å²) in [7, 11) is 3.27. The van der Waals surface area contributed by atoms with Gasteiger partial charge in [0.2, 0.25) is 0 Å². The minimum atomic E-state index is 0.154. The number of ether oxygens (including phenoxy) is 3. The number of carbonyl (C=O) groups excluding carboxylic acids is 1. The summed E-state index contributed by atoms with van der Waals surface area (Å²) >= 11 is 0. The van der Waals surface area contributed by atoms with Gasteiger partial charge in [0.15, 0.2) is 23.0 Å². The van der Waals surface area contributed by atoms with E-state index in [9.17, 15) is 4.79 Å². The van der Waals surface area contributed by atoms with Crippen LogP contribution >= 0.6 is 0 Å². The molecule has 4 nitrogen and oxygen atoms in total. The lowest BCUT2D eigenvalue weighted by molar-refractivity contribution is -0.120. The van der Waals surface area contributed by atoms with Crippen molar-refractivity contribution in [2.24, 2.45) is 0 Å². The lowest BCUT2D eigenvalue weighted by atomic mass is 9.78. The van der Waals surface area contributed by atoms with Crippen LogP contribution in [-0.2, 0) is 9.53 Å². The van der Waals surface area contributed by atoms with Crippen molar-refractivity contribution < 1.29 is 19.0 Å². The summed E-state index contributed by atoms with van der Waals surface area (Å²) in [6, 6.07) is 5.99. The highest BCUT2D eigenvalue weighted by atomic mass is 16.5. The van der Waals surface area contributed by atoms with Gasteiger partial charge in [0.05, 0.1) is 20.8 Å². The molecule has 0 saturated carbocycles.